The fraction of sp³-hybridized carbons (Fsp3) is 0.833. The molecular formula is C6H13NO2S. The van der Waals surface area contributed by atoms with Crippen LogP contribution >= 0.6 is 12.6 Å². The first-order chi connectivity index (χ1) is 4.46. The maximum atomic E-state index is 10.9. The van der Waals surface area contributed by atoms with Gasteiger partial charge in [0.15, 0.2) is 5.78 Å². The van der Waals surface area contributed by atoms with Gasteiger partial charge in [0, 0.05) is 0 Å². The first-order valence-electron chi connectivity index (χ1n) is 3.12. The molecule has 0 saturated heterocycles. The number of carbonyl (C=O) groups is 1. The molecule has 0 radical (unpaired) electrons. The summed E-state index contributed by atoms with van der Waals surface area (Å²) in [5, 5.41) is 8.46. The lowest BCUT2D eigenvalue weighted by atomic mass is 10.1. The highest BCUT2D eigenvalue weighted by molar-refractivity contribution is 7.81. The number of nitrogens with two attached hydrogens (primary N) is 1. The van der Waals surface area contributed by atoms with Crippen molar-refractivity contribution in [3.05, 3.63) is 0 Å². The Labute approximate surface area is 66.0 Å². The van der Waals surface area contributed by atoms with Gasteiger partial charge in [0.1, 0.15) is 0 Å². The number of ketones is 1. The van der Waals surface area contributed by atoms with Crippen LogP contribution in [0.3, 0.4) is 0 Å². The smallest absolute Gasteiger partial charge is 0.164 e. The predicted octanol–water partition coefficient (Wildman–Crippen LogP) is -0.418. The third kappa shape index (κ3) is 2.68. The fourth-order valence-corrected chi connectivity index (χ4v) is 0.688. The minimum atomic E-state index is -0.799. The molecule has 0 fully saturated rings. The molecule has 3 N–H and O–H groups in total. The van der Waals surface area contributed by atoms with Crippen molar-refractivity contribution < 1.29 is 9.90 Å². The van der Waals surface area contributed by atoms with E-state index in [0.717, 1.165) is 0 Å². The van der Waals surface area contributed by atoms with Gasteiger partial charge in [-0.2, -0.15) is 12.6 Å². The molecule has 3 nitrogen and oxygen atoms in total. The van der Waals surface area contributed by atoms with E-state index in [4.69, 9.17) is 10.8 Å². The van der Waals surface area contributed by atoms with Crippen LogP contribution < -0.4 is 5.73 Å². The average Bonchev–Trinajstić information content (AvgIpc) is 1.84. The van der Waals surface area contributed by atoms with Gasteiger partial charge in [-0.05, 0) is 13.8 Å². The van der Waals surface area contributed by atoms with Crippen molar-refractivity contribution in [1.29, 1.82) is 0 Å². The van der Waals surface area contributed by atoms with Crippen LogP contribution in [0.15, 0.2) is 0 Å². The lowest BCUT2D eigenvalue weighted by molar-refractivity contribution is -0.121. The van der Waals surface area contributed by atoms with E-state index in [0.29, 0.717) is 0 Å². The first kappa shape index (κ1) is 9.94. The number of aliphatic hydroxyl groups excluding tert-OH is 1. The molecular weight excluding hydrogens is 150 g/mol. The highest BCUT2D eigenvalue weighted by Gasteiger charge is 2.21. The fourth-order valence-electron chi connectivity index (χ4n) is 0.516. The molecule has 0 aliphatic rings. The summed E-state index contributed by atoms with van der Waals surface area (Å²) >= 11 is 3.89. The van der Waals surface area contributed by atoms with E-state index >= 15 is 0 Å². The van der Waals surface area contributed by atoms with E-state index in [2.05, 4.69) is 12.6 Å². The Morgan fingerprint density at radius 1 is 1.60 bits per heavy atom. The number of thiol groups is 1. The Hall–Kier alpha value is -0.0600. The van der Waals surface area contributed by atoms with Crippen molar-refractivity contribution in [3.63, 3.8) is 0 Å². The van der Waals surface area contributed by atoms with Crippen LogP contribution in [-0.4, -0.2) is 28.3 Å². The van der Waals surface area contributed by atoms with Crippen molar-refractivity contribution in [2.24, 2.45) is 5.73 Å². The molecule has 0 aliphatic carbocycles. The zero-order valence-corrected chi connectivity index (χ0v) is 7.01. The van der Waals surface area contributed by atoms with Crippen LogP contribution in [-0.2, 0) is 4.79 Å². The molecule has 0 spiro atoms. The maximum absolute atomic E-state index is 10.9. The van der Waals surface area contributed by atoms with Gasteiger partial charge < -0.3 is 10.8 Å². The number of rotatable bonds is 3. The molecule has 0 bridgehead atoms. The summed E-state index contributed by atoms with van der Waals surface area (Å²) in [4.78, 5) is 10.9. The second-order valence-corrected chi connectivity index (χ2v) is 3.12. The highest BCUT2D eigenvalue weighted by Crippen LogP contribution is 2.00. The number of aliphatic hydroxyl groups is 1. The summed E-state index contributed by atoms with van der Waals surface area (Å²) in [6, 6.07) is -0.799. The van der Waals surface area contributed by atoms with Crippen LogP contribution in [0.4, 0.5) is 0 Å². The number of hydrogen-bond donors (Lipinski definition) is 3. The lowest BCUT2D eigenvalue weighted by Gasteiger charge is -2.14. The molecule has 0 heterocycles. The molecule has 0 rings (SSSR count). The molecule has 0 aromatic carbocycles. The van der Waals surface area contributed by atoms with Crippen molar-refractivity contribution in [2.75, 3.05) is 0 Å². The molecule has 0 aromatic heterocycles. The monoisotopic (exact) mass is 163 g/mol. The molecule has 3 atom stereocenters. The second-order valence-electron chi connectivity index (χ2n) is 2.34. The SMILES string of the molecule is CC(S)C(=O)[C@H](N)[C@H](C)O. The number of hydrogen-bond acceptors (Lipinski definition) is 4. The standard InChI is InChI=1S/C6H13NO2S/c1-3(8)5(7)6(9)4(2)10/h3-5,8,10H,7H2,1-2H3/t3-,4?,5+/m0/s1. The van der Waals surface area contributed by atoms with E-state index in [1.54, 1.807) is 6.92 Å². The van der Waals surface area contributed by atoms with Gasteiger partial charge in [0.05, 0.1) is 17.4 Å². The summed E-state index contributed by atoms with van der Waals surface area (Å²) in [5.41, 5.74) is 5.31. The number of carbonyl (C=O) groups excluding carboxylic acids is 1. The second kappa shape index (κ2) is 3.95. The van der Waals surface area contributed by atoms with Gasteiger partial charge in [-0.1, -0.05) is 0 Å². The maximum Gasteiger partial charge on any atom is 0.164 e. The molecule has 0 aliphatic heterocycles. The Balaban J connectivity index is 3.95. The predicted molar refractivity (Wildman–Crippen MR) is 43.1 cm³/mol. The van der Waals surface area contributed by atoms with Gasteiger partial charge in [-0.3, -0.25) is 4.79 Å². The lowest BCUT2D eigenvalue weighted by Crippen LogP contribution is -2.43. The van der Waals surface area contributed by atoms with Gasteiger partial charge in [0.2, 0.25) is 0 Å². The molecule has 0 aromatic rings. The van der Waals surface area contributed by atoms with Crippen LogP contribution in [0.5, 0.6) is 0 Å². The molecule has 1 unspecified atom stereocenters. The third-order valence-electron chi connectivity index (χ3n) is 1.26. The van der Waals surface area contributed by atoms with Crippen molar-refractivity contribution in [2.45, 2.75) is 31.2 Å². The van der Waals surface area contributed by atoms with Gasteiger partial charge in [-0.15, -0.1) is 0 Å². The first-order valence-corrected chi connectivity index (χ1v) is 3.64. The van der Waals surface area contributed by atoms with Crippen molar-refractivity contribution >= 4 is 18.4 Å². The minimum Gasteiger partial charge on any atom is -0.391 e. The quantitative estimate of drug-likeness (QED) is 0.495. The van der Waals surface area contributed by atoms with Crippen molar-refractivity contribution in [3.8, 4) is 0 Å². The van der Waals surface area contributed by atoms with E-state index in [1.807, 2.05) is 0 Å². The summed E-state index contributed by atoms with van der Waals surface area (Å²) in [5.74, 6) is -0.224. The van der Waals surface area contributed by atoms with E-state index in [1.165, 1.54) is 6.92 Å². The van der Waals surface area contributed by atoms with E-state index in [9.17, 15) is 4.79 Å². The van der Waals surface area contributed by atoms with Crippen molar-refractivity contribution in [1.82, 2.24) is 0 Å². The topological polar surface area (TPSA) is 63.3 Å². The Morgan fingerprint density at radius 3 is 2.10 bits per heavy atom. The molecule has 10 heavy (non-hydrogen) atoms. The third-order valence-corrected chi connectivity index (χ3v) is 1.51. The zero-order chi connectivity index (χ0) is 8.31. The number of Topliss-reactive ketones (excluding diaryl/α,β-unsaturated/α-hetero) is 1. The molecule has 0 amide bonds. The van der Waals surface area contributed by atoms with Gasteiger partial charge >= 0.3 is 0 Å². The normalized spacial score (nSPS) is 19.7. The minimum absolute atomic E-state index is 0.224. The van der Waals surface area contributed by atoms with Crippen LogP contribution in [0.25, 0.3) is 0 Å². The van der Waals surface area contributed by atoms with Gasteiger partial charge in [0.25, 0.3) is 0 Å². The molecule has 0 saturated carbocycles. The average molecular weight is 163 g/mol. The summed E-state index contributed by atoms with van der Waals surface area (Å²) < 4.78 is 0. The van der Waals surface area contributed by atoms with E-state index in [-0.39, 0.29) is 5.78 Å². The summed E-state index contributed by atoms with van der Waals surface area (Å²) in [6.45, 7) is 3.12. The molecule has 4 heteroatoms. The highest BCUT2D eigenvalue weighted by atomic mass is 32.1. The Kier molecular flexibility index (Phi) is 3.93. The largest absolute Gasteiger partial charge is 0.391 e. The van der Waals surface area contributed by atoms with Gasteiger partial charge in [-0.25, -0.2) is 0 Å². The summed E-state index contributed by atoms with van der Waals surface area (Å²) in [7, 11) is 0. The Morgan fingerprint density at radius 2 is 2.00 bits per heavy atom. The van der Waals surface area contributed by atoms with Crippen LogP contribution in [0, 0.1) is 0 Å². The Bertz CT molecular complexity index is 125. The van der Waals surface area contributed by atoms with Crippen LogP contribution in [0.1, 0.15) is 13.8 Å². The van der Waals surface area contributed by atoms with E-state index < -0.39 is 17.4 Å². The molecule has 60 valence electrons. The van der Waals surface area contributed by atoms with Crippen LogP contribution in [0.2, 0.25) is 0 Å². The summed E-state index contributed by atoms with van der Waals surface area (Å²) in [6.07, 6.45) is -0.790. The zero-order valence-electron chi connectivity index (χ0n) is 6.11.